The van der Waals surface area contributed by atoms with Crippen molar-refractivity contribution in [2.24, 2.45) is 5.92 Å². The Morgan fingerprint density at radius 3 is 2.55 bits per heavy atom. The fourth-order valence-electron chi connectivity index (χ4n) is 3.38. The van der Waals surface area contributed by atoms with Crippen molar-refractivity contribution in [1.29, 1.82) is 0 Å². The molecular weight excluding hydrogens is 272 g/mol. The van der Waals surface area contributed by atoms with Crippen LogP contribution in [0.25, 0.3) is 0 Å². The second-order valence-electron chi connectivity index (χ2n) is 6.70. The van der Waals surface area contributed by atoms with Crippen LogP contribution < -0.4 is 5.32 Å². The van der Waals surface area contributed by atoms with E-state index in [-0.39, 0.29) is 11.3 Å². The quantitative estimate of drug-likeness (QED) is 0.777. The van der Waals surface area contributed by atoms with E-state index in [1.54, 1.807) is 6.92 Å². The molecule has 0 bridgehead atoms. The number of nitrogens with zero attached hydrogens (tertiary/aromatic N) is 1. The van der Waals surface area contributed by atoms with Gasteiger partial charge in [0.05, 0.1) is 5.75 Å². The molecule has 0 aromatic rings. The number of hydrogen-bond donors (Lipinski definition) is 1. The summed E-state index contributed by atoms with van der Waals surface area (Å²) in [6, 6.07) is 0.561. The van der Waals surface area contributed by atoms with Crippen molar-refractivity contribution in [3.05, 3.63) is 0 Å². The van der Waals surface area contributed by atoms with E-state index in [1.807, 2.05) is 0 Å². The van der Waals surface area contributed by atoms with Gasteiger partial charge in [0.1, 0.15) is 9.84 Å². The van der Waals surface area contributed by atoms with Crippen molar-refractivity contribution >= 4 is 9.84 Å². The summed E-state index contributed by atoms with van der Waals surface area (Å²) in [7, 11) is -2.82. The van der Waals surface area contributed by atoms with Gasteiger partial charge in [-0.2, -0.15) is 0 Å². The van der Waals surface area contributed by atoms with E-state index in [1.165, 1.54) is 12.8 Å². The van der Waals surface area contributed by atoms with Gasteiger partial charge in [0.2, 0.25) is 0 Å². The van der Waals surface area contributed by atoms with Crippen molar-refractivity contribution in [1.82, 2.24) is 10.2 Å². The van der Waals surface area contributed by atoms with Crippen LogP contribution in [0.4, 0.5) is 0 Å². The fraction of sp³-hybridized carbons (Fsp3) is 1.00. The van der Waals surface area contributed by atoms with Crippen LogP contribution in [0, 0.1) is 5.92 Å². The molecule has 1 aliphatic heterocycles. The van der Waals surface area contributed by atoms with Crippen molar-refractivity contribution in [2.45, 2.75) is 58.0 Å². The van der Waals surface area contributed by atoms with Gasteiger partial charge in [0, 0.05) is 30.4 Å². The first-order valence-electron chi connectivity index (χ1n) is 8.09. The first kappa shape index (κ1) is 16.2. The smallest absolute Gasteiger partial charge is 0.150 e. The summed E-state index contributed by atoms with van der Waals surface area (Å²) in [6.45, 7) is 9.33. The van der Waals surface area contributed by atoms with Crippen LogP contribution in [0.5, 0.6) is 0 Å². The molecule has 5 heteroatoms. The SMILES string of the molecule is CCC1CNC(C)(C2CC2)CN1CCCS(=O)(=O)CC. The summed E-state index contributed by atoms with van der Waals surface area (Å²) >= 11 is 0. The Kier molecular flexibility index (Phi) is 5.14. The Bertz CT molecular complexity index is 420. The number of sulfone groups is 1. The van der Waals surface area contributed by atoms with Gasteiger partial charge in [-0.15, -0.1) is 0 Å². The predicted molar refractivity (Wildman–Crippen MR) is 83.7 cm³/mol. The third-order valence-electron chi connectivity index (χ3n) is 5.08. The van der Waals surface area contributed by atoms with Crippen molar-refractivity contribution < 1.29 is 8.42 Å². The van der Waals surface area contributed by atoms with Gasteiger partial charge in [0.25, 0.3) is 0 Å². The molecule has 118 valence electrons. The van der Waals surface area contributed by atoms with Gasteiger partial charge in [-0.3, -0.25) is 4.90 Å². The standard InChI is InChI=1S/C15H30N2O2S/c1-4-14-11-16-15(3,13-7-8-13)12-17(14)9-6-10-20(18,19)5-2/h13-14,16H,4-12H2,1-3H3. The van der Waals surface area contributed by atoms with Gasteiger partial charge < -0.3 is 5.32 Å². The maximum atomic E-state index is 11.6. The minimum Gasteiger partial charge on any atom is -0.308 e. The molecular formula is C15H30N2O2S. The zero-order valence-electron chi connectivity index (χ0n) is 13.2. The minimum atomic E-state index is -2.82. The second kappa shape index (κ2) is 6.32. The Morgan fingerprint density at radius 2 is 2.00 bits per heavy atom. The lowest BCUT2D eigenvalue weighted by atomic mass is 9.90. The highest BCUT2D eigenvalue weighted by Crippen LogP contribution is 2.41. The molecule has 20 heavy (non-hydrogen) atoms. The third kappa shape index (κ3) is 3.95. The third-order valence-corrected chi connectivity index (χ3v) is 6.87. The zero-order valence-corrected chi connectivity index (χ0v) is 14.0. The van der Waals surface area contributed by atoms with Crippen molar-refractivity contribution in [2.75, 3.05) is 31.1 Å². The number of hydrogen-bond acceptors (Lipinski definition) is 4. The number of nitrogens with one attached hydrogen (secondary N) is 1. The normalized spacial score (nSPS) is 32.5. The molecule has 0 aromatic carbocycles. The Labute approximate surface area is 124 Å². The second-order valence-corrected chi connectivity index (χ2v) is 9.17. The zero-order chi connectivity index (χ0) is 14.8. The van der Waals surface area contributed by atoms with Crippen LogP contribution in [-0.4, -0.2) is 56.0 Å². The van der Waals surface area contributed by atoms with Crippen LogP contribution in [-0.2, 0) is 9.84 Å². The molecule has 2 rings (SSSR count). The highest BCUT2D eigenvalue weighted by atomic mass is 32.2. The summed E-state index contributed by atoms with van der Waals surface area (Å²) in [4.78, 5) is 2.53. The molecule has 1 N–H and O–H groups in total. The largest absolute Gasteiger partial charge is 0.308 e. The van der Waals surface area contributed by atoms with E-state index in [0.717, 1.165) is 38.4 Å². The topological polar surface area (TPSA) is 49.4 Å². The molecule has 0 radical (unpaired) electrons. The molecule has 0 aromatic heterocycles. The maximum Gasteiger partial charge on any atom is 0.150 e. The molecule has 1 saturated heterocycles. The molecule has 2 unspecified atom stereocenters. The molecule has 0 amide bonds. The molecule has 1 heterocycles. The molecule has 2 aliphatic rings. The van der Waals surface area contributed by atoms with Gasteiger partial charge in [-0.1, -0.05) is 13.8 Å². The predicted octanol–water partition coefficient (Wildman–Crippen LogP) is 1.66. The molecule has 2 fully saturated rings. The van der Waals surface area contributed by atoms with Gasteiger partial charge >= 0.3 is 0 Å². The van der Waals surface area contributed by atoms with Crippen molar-refractivity contribution in [3.63, 3.8) is 0 Å². The van der Waals surface area contributed by atoms with Gasteiger partial charge in [-0.25, -0.2) is 8.42 Å². The highest BCUT2D eigenvalue weighted by molar-refractivity contribution is 7.91. The fourth-order valence-corrected chi connectivity index (χ4v) is 4.23. The van der Waals surface area contributed by atoms with E-state index >= 15 is 0 Å². The Morgan fingerprint density at radius 1 is 1.30 bits per heavy atom. The van der Waals surface area contributed by atoms with Gasteiger partial charge in [-0.05, 0) is 45.1 Å². The minimum absolute atomic E-state index is 0.245. The Balaban J connectivity index is 1.89. The van der Waals surface area contributed by atoms with E-state index in [2.05, 4.69) is 24.1 Å². The van der Waals surface area contributed by atoms with Crippen LogP contribution in [0.15, 0.2) is 0 Å². The number of rotatable bonds is 7. The lowest BCUT2D eigenvalue weighted by molar-refractivity contribution is 0.0732. The van der Waals surface area contributed by atoms with Crippen molar-refractivity contribution in [3.8, 4) is 0 Å². The molecule has 0 spiro atoms. The number of piperazine rings is 1. The van der Waals surface area contributed by atoms with E-state index in [0.29, 0.717) is 11.8 Å². The Hall–Kier alpha value is -0.130. The molecule has 4 nitrogen and oxygen atoms in total. The lowest BCUT2D eigenvalue weighted by Gasteiger charge is -2.46. The first-order valence-corrected chi connectivity index (χ1v) is 9.92. The first-order chi connectivity index (χ1) is 9.40. The van der Waals surface area contributed by atoms with E-state index < -0.39 is 9.84 Å². The summed E-state index contributed by atoms with van der Waals surface area (Å²) < 4.78 is 23.2. The summed E-state index contributed by atoms with van der Waals surface area (Å²) in [5, 5.41) is 3.75. The molecule has 1 aliphatic carbocycles. The summed E-state index contributed by atoms with van der Waals surface area (Å²) in [6.07, 6.45) is 4.60. The average molecular weight is 302 g/mol. The monoisotopic (exact) mass is 302 g/mol. The molecule has 2 atom stereocenters. The average Bonchev–Trinajstić information content (AvgIpc) is 3.23. The molecule has 1 saturated carbocycles. The van der Waals surface area contributed by atoms with Crippen LogP contribution in [0.1, 0.15) is 46.5 Å². The van der Waals surface area contributed by atoms with Crippen LogP contribution >= 0.6 is 0 Å². The summed E-state index contributed by atoms with van der Waals surface area (Å²) in [5.74, 6) is 1.43. The van der Waals surface area contributed by atoms with E-state index in [4.69, 9.17) is 0 Å². The highest BCUT2D eigenvalue weighted by Gasteiger charge is 2.45. The van der Waals surface area contributed by atoms with E-state index in [9.17, 15) is 8.42 Å². The van der Waals surface area contributed by atoms with Crippen LogP contribution in [0.2, 0.25) is 0 Å². The lowest BCUT2D eigenvalue weighted by Crippen LogP contribution is -2.64. The van der Waals surface area contributed by atoms with Crippen LogP contribution in [0.3, 0.4) is 0 Å². The summed E-state index contributed by atoms with van der Waals surface area (Å²) in [5.41, 5.74) is 0.245. The van der Waals surface area contributed by atoms with Gasteiger partial charge in [0.15, 0.2) is 0 Å². The maximum absolute atomic E-state index is 11.6.